The predicted molar refractivity (Wildman–Crippen MR) is 330 cm³/mol. The SMILES string of the molecule is CC/C=C\C/C=C\C/C=C\C/C=C\C/C=C\C/C=C\C/C=C\C/C=C\C/C=C\CCCC(=O)OCC(COC(=O)CCCCCCC)OC(=O)CCCCCCCCCCCCCCCCCCCCCCCCCC. The molecule has 0 aliphatic heterocycles. The second-order valence-corrected chi connectivity index (χ2v) is 21.0. The summed E-state index contributed by atoms with van der Waals surface area (Å²) in [7, 11) is 0. The van der Waals surface area contributed by atoms with E-state index in [1.54, 1.807) is 0 Å². The van der Waals surface area contributed by atoms with Gasteiger partial charge in [-0.25, -0.2) is 0 Å². The fraction of sp³-hybridized carbons (Fsp3) is 0.700. The first-order chi connectivity index (χ1) is 37.5. The van der Waals surface area contributed by atoms with Gasteiger partial charge < -0.3 is 14.2 Å². The lowest BCUT2D eigenvalue weighted by atomic mass is 10.0. The van der Waals surface area contributed by atoms with Crippen LogP contribution in [0, 0.1) is 0 Å². The zero-order chi connectivity index (χ0) is 55.0. The molecule has 434 valence electrons. The van der Waals surface area contributed by atoms with Gasteiger partial charge in [0, 0.05) is 19.3 Å². The summed E-state index contributed by atoms with van der Waals surface area (Å²) in [6.45, 7) is 6.42. The standard InChI is InChI=1S/C70H118O6/c1-4-7-10-13-15-17-19-21-23-25-27-29-31-33-34-35-36-37-39-40-42-44-46-48-50-52-54-57-60-63-69(72)75-66-67(65-74-68(71)62-59-56-12-9-6-3)76-70(73)64-61-58-55-53-51-49-47-45-43-41-38-32-30-28-26-24-22-20-18-16-14-11-8-5-2/h7,10,15,17,21,23,27,29,33-34,36-37,40,42,46,48,52,54,67H,4-6,8-9,11-14,16,18-20,22,24-26,28,30-32,35,38-39,41,43-45,47,49-51,53,55-66H2,1-3H3/b10-7-,17-15-,23-21-,29-27-,34-33-,37-36-,42-40-,48-46-,54-52-. The molecule has 0 heterocycles. The molecule has 0 N–H and O–H groups in total. The van der Waals surface area contributed by atoms with E-state index in [0.29, 0.717) is 19.3 Å². The van der Waals surface area contributed by atoms with Crippen LogP contribution in [-0.2, 0) is 28.6 Å². The van der Waals surface area contributed by atoms with E-state index in [-0.39, 0.29) is 37.5 Å². The fourth-order valence-electron chi connectivity index (χ4n) is 8.80. The first kappa shape index (κ1) is 72.1. The van der Waals surface area contributed by atoms with Gasteiger partial charge in [0.05, 0.1) is 0 Å². The number of hydrogen-bond donors (Lipinski definition) is 0. The van der Waals surface area contributed by atoms with E-state index in [9.17, 15) is 14.4 Å². The molecule has 0 aromatic heterocycles. The molecule has 6 heteroatoms. The smallest absolute Gasteiger partial charge is 0.306 e. The average Bonchev–Trinajstić information content (AvgIpc) is 3.42. The maximum atomic E-state index is 12.8. The molecule has 0 spiro atoms. The third-order valence-electron chi connectivity index (χ3n) is 13.5. The lowest BCUT2D eigenvalue weighted by Gasteiger charge is -2.18. The second-order valence-electron chi connectivity index (χ2n) is 21.0. The van der Waals surface area contributed by atoms with Crippen molar-refractivity contribution >= 4 is 17.9 Å². The molecule has 0 rings (SSSR count). The summed E-state index contributed by atoms with van der Waals surface area (Å²) in [5.41, 5.74) is 0. The minimum atomic E-state index is -0.798. The summed E-state index contributed by atoms with van der Waals surface area (Å²) in [5, 5.41) is 0. The number of rotatable bonds is 57. The van der Waals surface area contributed by atoms with Gasteiger partial charge in [-0.2, -0.15) is 0 Å². The van der Waals surface area contributed by atoms with Crippen molar-refractivity contribution in [2.75, 3.05) is 13.2 Å². The monoisotopic (exact) mass is 1050 g/mol. The normalized spacial score (nSPS) is 12.8. The molecule has 0 saturated heterocycles. The minimum absolute atomic E-state index is 0.0955. The number of esters is 3. The van der Waals surface area contributed by atoms with Crippen molar-refractivity contribution in [3.63, 3.8) is 0 Å². The molecule has 76 heavy (non-hydrogen) atoms. The average molecular weight is 1060 g/mol. The molecule has 0 fully saturated rings. The Morgan fingerprint density at radius 2 is 0.513 bits per heavy atom. The van der Waals surface area contributed by atoms with Crippen LogP contribution in [0.4, 0.5) is 0 Å². The van der Waals surface area contributed by atoms with Gasteiger partial charge in [0.2, 0.25) is 0 Å². The number of carbonyl (C=O) groups excluding carboxylic acids is 3. The molecular formula is C70H118O6. The molecule has 6 nitrogen and oxygen atoms in total. The lowest BCUT2D eigenvalue weighted by molar-refractivity contribution is -0.167. The van der Waals surface area contributed by atoms with Gasteiger partial charge in [-0.05, 0) is 83.5 Å². The molecule has 1 unspecified atom stereocenters. The van der Waals surface area contributed by atoms with Crippen LogP contribution in [0.1, 0.15) is 297 Å². The zero-order valence-corrected chi connectivity index (χ0v) is 49.7. The highest BCUT2D eigenvalue weighted by atomic mass is 16.6. The Kier molecular flexibility index (Phi) is 60.3. The van der Waals surface area contributed by atoms with Crippen LogP contribution >= 0.6 is 0 Å². The molecule has 0 amide bonds. The lowest BCUT2D eigenvalue weighted by Crippen LogP contribution is -2.30. The van der Waals surface area contributed by atoms with Crippen molar-refractivity contribution in [2.24, 2.45) is 0 Å². The summed E-state index contributed by atoms with van der Waals surface area (Å²) in [6.07, 6.45) is 87.3. The van der Waals surface area contributed by atoms with Crippen molar-refractivity contribution in [3.05, 3.63) is 109 Å². The predicted octanol–water partition coefficient (Wildman–Crippen LogP) is 21.8. The summed E-state index contributed by atoms with van der Waals surface area (Å²) >= 11 is 0. The number of carbonyl (C=O) groups is 3. The van der Waals surface area contributed by atoms with Crippen molar-refractivity contribution < 1.29 is 28.6 Å². The van der Waals surface area contributed by atoms with Crippen molar-refractivity contribution in [1.82, 2.24) is 0 Å². The Balaban J connectivity index is 4.16. The molecule has 1 atom stereocenters. The van der Waals surface area contributed by atoms with Gasteiger partial charge in [0.25, 0.3) is 0 Å². The van der Waals surface area contributed by atoms with Gasteiger partial charge in [0.1, 0.15) is 13.2 Å². The van der Waals surface area contributed by atoms with E-state index in [0.717, 1.165) is 116 Å². The molecule has 0 saturated carbocycles. The first-order valence-electron chi connectivity index (χ1n) is 31.9. The Bertz CT molecular complexity index is 1540. The molecule has 0 aromatic carbocycles. The number of allylic oxidation sites excluding steroid dienone is 18. The third-order valence-corrected chi connectivity index (χ3v) is 13.5. The molecule has 0 aliphatic carbocycles. The van der Waals surface area contributed by atoms with E-state index >= 15 is 0 Å². The highest BCUT2D eigenvalue weighted by molar-refractivity contribution is 5.71. The largest absolute Gasteiger partial charge is 0.462 e. The van der Waals surface area contributed by atoms with Crippen LogP contribution in [-0.4, -0.2) is 37.2 Å². The van der Waals surface area contributed by atoms with Gasteiger partial charge in [-0.3, -0.25) is 14.4 Å². The highest BCUT2D eigenvalue weighted by Gasteiger charge is 2.19. The van der Waals surface area contributed by atoms with Gasteiger partial charge in [-0.1, -0.05) is 304 Å². The van der Waals surface area contributed by atoms with E-state index in [1.165, 1.54) is 135 Å². The van der Waals surface area contributed by atoms with E-state index < -0.39 is 6.10 Å². The molecule has 0 aromatic rings. The first-order valence-corrected chi connectivity index (χ1v) is 31.9. The Morgan fingerprint density at radius 3 is 0.803 bits per heavy atom. The molecular weight excluding hydrogens is 937 g/mol. The topological polar surface area (TPSA) is 78.9 Å². The quantitative estimate of drug-likeness (QED) is 0.0261. The summed E-state index contributed by atoms with van der Waals surface area (Å²) in [6, 6.07) is 0. The molecule has 0 radical (unpaired) electrons. The van der Waals surface area contributed by atoms with Crippen LogP contribution in [0.2, 0.25) is 0 Å². The van der Waals surface area contributed by atoms with Crippen LogP contribution in [0.15, 0.2) is 109 Å². The van der Waals surface area contributed by atoms with Gasteiger partial charge in [-0.15, -0.1) is 0 Å². The summed E-state index contributed by atoms with van der Waals surface area (Å²) in [5.74, 6) is -0.965. The maximum Gasteiger partial charge on any atom is 0.306 e. The van der Waals surface area contributed by atoms with E-state index in [2.05, 4.69) is 130 Å². The summed E-state index contributed by atoms with van der Waals surface area (Å²) < 4.78 is 16.7. The van der Waals surface area contributed by atoms with Crippen molar-refractivity contribution in [1.29, 1.82) is 0 Å². The van der Waals surface area contributed by atoms with E-state index in [4.69, 9.17) is 14.2 Å². The Labute approximate surface area is 470 Å². The number of hydrogen-bond acceptors (Lipinski definition) is 6. The summed E-state index contributed by atoms with van der Waals surface area (Å²) in [4.78, 5) is 37.9. The molecule has 0 aliphatic rings. The Morgan fingerprint density at radius 1 is 0.276 bits per heavy atom. The van der Waals surface area contributed by atoms with Gasteiger partial charge >= 0.3 is 17.9 Å². The Hall–Kier alpha value is -3.93. The number of unbranched alkanes of at least 4 members (excludes halogenated alkanes) is 28. The van der Waals surface area contributed by atoms with Crippen LogP contribution in [0.5, 0.6) is 0 Å². The minimum Gasteiger partial charge on any atom is -0.462 e. The van der Waals surface area contributed by atoms with Gasteiger partial charge in [0.15, 0.2) is 6.10 Å². The number of ether oxygens (including phenoxy) is 3. The maximum absolute atomic E-state index is 12.8. The second kappa shape index (κ2) is 63.6. The van der Waals surface area contributed by atoms with E-state index in [1.807, 2.05) is 0 Å². The zero-order valence-electron chi connectivity index (χ0n) is 49.7. The fourth-order valence-corrected chi connectivity index (χ4v) is 8.80. The molecule has 0 bridgehead atoms. The highest BCUT2D eigenvalue weighted by Crippen LogP contribution is 2.17. The van der Waals surface area contributed by atoms with Crippen LogP contribution in [0.25, 0.3) is 0 Å². The van der Waals surface area contributed by atoms with Crippen LogP contribution < -0.4 is 0 Å². The van der Waals surface area contributed by atoms with Crippen molar-refractivity contribution in [3.8, 4) is 0 Å². The van der Waals surface area contributed by atoms with Crippen LogP contribution in [0.3, 0.4) is 0 Å². The third kappa shape index (κ3) is 60.9. The van der Waals surface area contributed by atoms with Crippen molar-refractivity contribution in [2.45, 2.75) is 303 Å².